The maximum absolute atomic E-state index is 4.59. The van der Waals surface area contributed by atoms with E-state index in [1.807, 2.05) is 0 Å². The summed E-state index contributed by atoms with van der Waals surface area (Å²) in [6.07, 6.45) is 5.02. The normalized spacial score (nSPS) is 23.2. The summed E-state index contributed by atoms with van der Waals surface area (Å²) in [5.41, 5.74) is 1.21. The SMILES string of the molecule is CON=CC1=CCCNC1C.Cl. The Hall–Kier alpha value is -0.540. The first-order chi connectivity index (χ1) is 5.34. The van der Waals surface area contributed by atoms with Gasteiger partial charge in [-0.15, -0.1) is 12.4 Å². The number of hydrogen-bond acceptors (Lipinski definition) is 3. The first kappa shape index (κ1) is 11.5. The number of nitrogens with zero attached hydrogens (tertiary/aromatic N) is 1. The van der Waals surface area contributed by atoms with E-state index in [2.05, 4.69) is 28.3 Å². The zero-order valence-electron chi connectivity index (χ0n) is 7.41. The van der Waals surface area contributed by atoms with Crippen molar-refractivity contribution in [3.8, 4) is 0 Å². The van der Waals surface area contributed by atoms with Crippen molar-refractivity contribution in [2.45, 2.75) is 19.4 Å². The maximum Gasteiger partial charge on any atom is 0.106 e. The van der Waals surface area contributed by atoms with Gasteiger partial charge in [0.1, 0.15) is 7.11 Å². The van der Waals surface area contributed by atoms with Crippen molar-refractivity contribution in [2.75, 3.05) is 13.7 Å². The highest BCUT2D eigenvalue weighted by molar-refractivity contribution is 5.85. The highest BCUT2D eigenvalue weighted by atomic mass is 35.5. The molecule has 0 aromatic heterocycles. The van der Waals surface area contributed by atoms with Crippen LogP contribution in [0, 0.1) is 0 Å². The quantitative estimate of drug-likeness (QED) is 0.527. The van der Waals surface area contributed by atoms with Gasteiger partial charge in [-0.05, 0) is 25.5 Å². The van der Waals surface area contributed by atoms with Crippen LogP contribution in [-0.2, 0) is 4.84 Å². The van der Waals surface area contributed by atoms with E-state index in [1.54, 1.807) is 13.3 Å². The Bertz CT molecular complexity index is 180. The molecule has 1 unspecified atom stereocenters. The van der Waals surface area contributed by atoms with Gasteiger partial charge in [-0.25, -0.2) is 0 Å². The van der Waals surface area contributed by atoms with Crippen LogP contribution < -0.4 is 5.32 Å². The fourth-order valence-electron chi connectivity index (χ4n) is 1.11. The number of hydrogen-bond donors (Lipinski definition) is 1. The molecule has 12 heavy (non-hydrogen) atoms. The lowest BCUT2D eigenvalue weighted by Crippen LogP contribution is -2.32. The van der Waals surface area contributed by atoms with Crippen molar-refractivity contribution in [1.82, 2.24) is 5.32 Å². The van der Waals surface area contributed by atoms with Crippen molar-refractivity contribution in [1.29, 1.82) is 0 Å². The molecule has 0 saturated carbocycles. The first-order valence-corrected chi connectivity index (χ1v) is 3.84. The summed E-state index contributed by atoms with van der Waals surface area (Å²) < 4.78 is 0. The Kier molecular flexibility index (Phi) is 5.76. The summed E-state index contributed by atoms with van der Waals surface area (Å²) >= 11 is 0. The Labute approximate surface area is 79.3 Å². The minimum atomic E-state index is 0. The topological polar surface area (TPSA) is 33.6 Å². The van der Waals surface area contributed by atoms with E-state index in [4.69, 9.17) is 0 Å². The third-order valence-electron chi connectivity index (χ3n) is 1.78. The van der Waals surface area contributed by atoms with Gasteiger partial charge in [0.25, 0.3) is 0 Å². The van der Waals surface area contributed by atoms with Crippen LogP contribution >= 0.6 is 12.4 Å². The fourth-order valence-corrected chi connectivity index (χ4v) is 1.11. The van der Waals surface area contributed by atoms with E-state index >= 15 is 0 Å². The van der Waals surface area contributed by atoms with Crippen LogP contribution in [0.5, 0.6) is 0 Å². The standard InChI is InChI=1S/C8H14N2O.ClH/c1-7-8(6-10-11-2)4-3-5-9-7;/h4,6-7,9H,3,5H2,1-2H3;1H. The predicted octanol–water partition coefficient (Wildman–Crippen LogP) is 1.35. The lowest BCUT2D eigenvalue weighted by molar-refractivity contribution is 0.215. The van der Waals surface area contributed by atoms with Gasteiger partial charge in [-0.2, -0.15) is 0 Å². The number of oxime groups is 1. The van der Waals surface area contributed by atoms with E-state index in [0.29, 0.717) is 6.04 Å². The minimum Gasteiger partial charge on any atom is -0.399 e. The first-order valence-electron chi connectivity index (χ1n) is 3.84. The summed E-state index contributed by atoms with van der Waals surface area (Å²) in [6, 6.07) is 0.405. The van der Waals surface area contributed by atoms with Gasteiger partial charge >= 0.3 is 0 Å². The van der Waals surface area contributed by atoms with E-state index in [9.17, 15) is 0 Å². The van der Waals surface area contributed by atoms with Crippen LogP contribution in [0.2, 0.25) is 0 Å². The fraction of sp³-hybridized carbons (Fsp3) is 0.625. The molecular formula is C8H15ClN2O. The average molecular weight is 191 g/mol. The third kappa shape index (κ3) is 3.24. The van der Waals surface area contributed by atoms with Gasteiger partial charge in [0.05, 0.1) is 6.21 Å². The Morgan fingerprint density at radius 2 is 2.50 bits per heavy atom. The second kappa shape index (κ2) is 6.03. The lowest BCUT2D eigenvalue weighted by Gasteiger charge is -2.18. The van der Waals surface area contributed by atoms with Gasteiger partial charge in [-0.3, -0.25) is 0 Å². The molecule has 1 N–H and O–H groups in total. The average Bonchev–Trinajstić information content (AvgIpc) is 2.03. The molecule has 3 nitrogen and oxygen atoms in total. The molecule has 1 aliphatic rings. The van der Waals surface area contributed by atoms with Crippen LogP contribution in [0.4, 0.5) is 0 Å². The lowest BCUT2D eigenvalue weighted by atomic mass is 10.1. The molecule has 0 bridgehead atoms. The zero-order valence-corrected chi connectivity index (χ0v) is 8.23. The number of nitrogens with one attached hydrogen (secondary N) is 1. The molecule has 1 aliphatic heterocycles. The van der Waals surface area contributed by atoms with Crippen molar-refractivity contribution >= 4 is 18.6 Å². The number of halogens is 1. The maximum atomic E-state index is 4.59. The van der Waals surface area contributed by atoms with Crippen molar-refractivity contribution in [2.24, 2.45) is 5.16 Å². The molecule has 0 aromatic rings. The minimum absolute atomic E-state index is 0. The summed E-state index contributed by atoms with van der Waals surface area (Å²) in [7, 11) is 1.55. The smallest absolute Gasteiger partial charge is 0.106 e. The van der Waals surface area contributed by atoms with Crippen molar-refractivity contribution in [3.05, 3.63) is 11.6 Å². The summed E-state index contributed by atoms with van der Waals surface area (Å²) in [5, 5.41) is 7.04. The highest BCUT2D eigenvalue weighted by Crippen LogP contribution is 2.05. The predicted molar refractivity (Wildman–Crippen MR) is 52.9 cm³/mol. The van der Waals surface area contributed by atoms with Crippen LogP contribution in [0.1, 0.15) is 13.3 Å². The molecule has 1 rings (SSSR count). The summed E-state index contributed by atoms with van der Waals surface area (Å²) in [5.74, 6) is 0. The molecule has 0 fully saturated rings. The van der Waals surface area contributed by atoms with Gasteiger partial charge in [-0.1, -0.05) is 11.2 Å². The van der Waals surface area contributed by atoms with Crippen LogP contribution in [0.25, 0.3) is 0 Å². The molecule has 0 amide bonds. The molecule has 4 heteroatoms. The summed E-state index contributed by atoms with van der Waals surface area (Å²) in [6.45, 7) is 3.18. The molecule has 0 saturated heterocycles. The van der Waals surface area contributed by atoms with Gasteiger partial charge in [0.15, 0.2) is 0 Å². The van der Waals surface area contributed by atoms with Crippen molar-refractivity contribution in [3.63, 3.8) is 0 Å². The molecule has 0 aromatic carbocycles. The molecule has 70 valence electrons. The monoisotopic (exact) mass is 190 g/mol. The third-order valence-corrected chi connectivity index (χ3v) is 1.78. The second-order valence-electron chi connectivity index (χ2n) is 2.59. The largest absolute Gasteiger partial charge is 0.399 e. The molecule has 0 spiro atoms. The van der Waals surface area contributed by atoms with E-state index in [-0.39, 0.29) is 12.4 Å². The molecule has 1 atom stereocenters. The van der Waals surface area contributed by atoms with Crippen LogP contribution in [0.15, 0.2) is 16.8 Å². The van der Waals surface area contributed by atoms with Gasteiger partial charge in [0.2, 0.25) is 0 Å². The van der Waals surface area contributed by atoms with E-state index < -0.39 is 0 Å². The van der Waals surface area contributed by atoms with Crippen LogP contribution in [0.3, 0.4) is 0 Å². The highest BCUT2D eigenvalue weighted by Gasteiger charge is 2.09. The number of rotatable bonds is 2. The zero-order chi connectivity index (χ0) is 8.10. The Morgan fingerprint density at radius 3 is 3.08 bits per heavy atom. The van der Waals surface area contributed by atoms with Crippen molar-refractivity contribution < 1.29 is 4.84 Å². The Morgan fingerprint density at radius 1 is 1.75 bits per heavy atom. The van der Waals surface area contributed by atoms with Gasteiger partial charge in [0, 0.05) is 6.04 Å². The summed E-state index contributed by atoms with van der Waals surface area (Å²) in [4.78, 5) is 4.59. The molecular weight excluding hydrogens is 176 g/mol. The van der Waals surface area contributed by atoms with E-state index in [0.717, 1.165) is 13.0 Å². The molecule has 0 aliphatic carbocycles. The molecule has 1 heterocycles. The Balaban J connectivity index is 0.00000121. The van der Waals surface area contributed by atoms with Gasteiger partial charge < -0.3 is 10.2 Å². The second-order valence-corrected chi connectivity index (χ2v) is 2.59. The molecule has 0 radical (unpaired) electrons. The van der Waals surface area contributed by atoms with E-state index in [1.165, 1.54) is 5.57 Å². The van der Waals surface area contributed by atoms with Crippen LogP contribution in [-0.4, -0.2) is 25.9 Å².